The van der Waals surface area contributed by atoms with Gasteiger partial charge < -0.3 is 10.6 Å². The lowest BCUT2D eigenvalue weighted by atomic mass is 10.0. The predicted molar refractivity (Wildman–Crippen MR) is 91.3 cm³/mol. The number of amides is 1. The first-order valence-electron chi connectivity index (χ1n) is 7.98. The van der Waals surface area contributed by atoms with Gasteiger partial charge in [-0.25, -0.2) is 9.67 Å². The van der Waals surface area contributed by atoms with Crippen LogP contribution in [0.1, 0.15) is 50.3 Å². The zero-order valence-electron chi connectivity index (χ0n) is 14.3. The Morgan fingerprint density at radius 3 is 2.52 bits per heavy atom. The molecule has 0 bridgehead atoms. The predicted octanol–water partition coefficient (Wildman–Crippen LogP) is 2.83. The van der Waals surface area contributed by atoms with E-state index in [4.69, 9.17) is 0 Å². The Bertz CT molecular complexity index is 645. The molecule has 0 aliphatic carbocycles. The third-order valence-electron chi connectivity index (χ3n) is 3.93. The second-order valence-electron chi connectivity index (χ2n) is 6.11. The molecule has 0 fully saturated rings. The van der Waals surface area contributed by atoms with Gasteiger partial charge in [-0.15, -0.1) is 0 Å². The minimum atomic E-state index is -0.196. The van der Waals surface area contributed by atoms with Gasteiger partial charge in [0.2, 0.25) is 0 Å². The molecule has 0 radical (unpaired) electrons. The van der Waals surface area contributed by atoms with Crippen molar-refractivity contribution in [2.45, 2.75) is 52.7 Å². The largest absolute Gasteiger partial charge is 0.378 e. The lowest BCUT2D eigenvalue weighted by Gasteiger charge is -2.24. The number of nitrogens with zero attached hydrogens (tertiary/aromatic N) is 3. The number of anilines is 1. The van der Waals surface area contributed by atoms with Crippen molar-refractivity contribution in [1.82, 2.24) is 20.1 Å². The number of aryl methyl sites for hydroxylation is 1. The Morgan fingerprint density at radius 1 is 1.22 bits per heavy atom. The molecule has 0 saturated heterocycles. The summed E-state index contributed by atoms with van der Waals surface area (Å²) in [6.45, 7) is 9.52. The number of hydrogen-bond donors (Lipinski definition) is 2. The third kappa shape index (κ3) is 4.55. The van der Waals surface area contributed by atoms with Gasteiger partial charge in [0.15, 0.2) is 0 Å². The lowest BCUT2D eigenvalue weighted by Crippen LogP contribution is -2.42. The molecule has 1 heterocycles. The van der Waals surface area contributed by atoms with Crippen LogP contribution in [0.3, 0.4) is 0 Å². The van der Waals surface area contributed by atoms with Crippen molar-refractivity contribution in [1.29, 1.82) is 0 Å². The van der Waals surface area contributed by atoms with Gasteiger partial charge in [-0.2, -0.15) is 5.10 Å². The molecule has 23 heavy (non-hydrogen) atoms. The smallest absolute Gasteiger partial charge is 0.251 e. The maximum atomic E-state index is 12.2. The van der Waals surface area contributed by atoms with Gasteiger partial charge >= 0.3 is 0 Å². The first-order chi connectivity index (χ1) is 10.9. The Balaban J connectivity index is 1.95. The van der Waals surface area contributed by atoms with Crippen LogP contribution in [0.25, 0.3) is 0 Å². The Hall–Kier alpha value is -2.37. The quantitative estimate of drug-likeness (QED) is 0.824. The molecule has 0 unspecified atom stereocenters. The number of carbonyl (C=O) groups is 1. The second kappa shape index (κ2) is 7.26. The summed E-state index contributed by atoms with van der Waals surface area (Å²) in [5.41, 5.74) is 1.41. The van der Waals surface area contributed by atoms with E-state index in [9.17, 15) is 4.79 Å². The van der Waals surface area contributed by atoms with Gasteiger partial charge in [0.1, 0.15) is 12.2 Å². The van der Waals surface area contributed by atoms with Gasteiger partial charge in [-0.1, -0.05) is 6.92 Å². The Kier molecular flexibility index (Phi) is 5.36. The fourth-order valence-corrected chi connectivity index (χ4v) is 2.08. The summed E-state index contributed by atoms with van der Waals surface area (Å²) in [7, 11) is 0. The molecule has 6 heteroatoms. The molecular weight excluding hydrogens is 290 g/mol. The summed E-state index contributed by atoms with van der Waals surface area (Å²) in [4.78, 5) is 16.4. The van der Waals surface area contributed by atoms with Crippen molar-refractivity contribution in [3.63, 3.8) is 0 Å². The minimum Gasteiger partial charge on any atom is -0.378 e. The highest BCUT2D eigenvalue weighted by atomic mass is 16.1. The normalized spacial score (nSPS) is 11.3. The number of benzene rings is 1. The van der Waals surface area contributed by atoms with Crippen molar-refractivity contribution in [2.24, 2.45) is 0 Å². The van der Waals surface area contributed by atoms with E-state index < -0.39 is 0 Å². The van der Waals surface area contributed by atoms with Gasteiger partial charge in [0, 0.05) is 23.3 Å². The molecule has 1 aromatic carbocycles. The summed E-state index contributed by atoms with van der Waals surface area (Å²) in [6.07, 6.45) is 2.44. The molecule has 1 amide bonds. The summed E-state index contributed by atoms with van der Waals surface area (Å²) >= 11 is 0. The summed E-state index contributed by atoms with van der Waals surface area (Å²) in [5, 5.41) is 10.5. The van der Waals surface area contributed by atoms with Gasteiger partial charge in [0.25, 0.3) is 5.91 Å². The van der Waals surface area contributed by atoms with Gasteiger partial charge in [0.05, 0.1) is 6.54 Å². The monoisotopic (exact) mass is 315 g/mol. The van der Waals surface area contributed by atoms with E-state index >= 15 is 0 Å². The van der Waals surface area contributed by atoms with Crippen LogP contribution in [-0.2, 0) is 13.1 Å². The van der Waals surface area contributed by atoms with Crippen molar-refractivity contribution in [3.05, 3.63) is 42.0 Å². The molecule has 2 N–H and O–H groups in total. The van der Waals surface area contributed by atoms with E-state index in [0.717, 1.165) is 24.5 Å². The van der Waals surface area contributed by atoms with Crippen molar-refractivity contribution in [2.75, 3.05) is 5.32 Å². The number of aromatic nitrogens is 3. The number of hydrogen-bond acceptors (Lipinski definition) is 4. The molecule has 0 aliphatic rings. The molecule has 0 spiro atoms. The van der Waals surface area contributed by atoms with E-state index in [1.54, 1.807) is 6.33 Å². The van der Waals surface area contributed by atoms with E-state index in [2.05, 4.69) is 27.6 Å². The Morgan fingerprint density at radius 2 is 1.91 bits per heavy atom. The third-order valence-corrected chi connectivity index (χ3v) is 3.93. The highest BCUT2D eigenvalue weighted by Gasteiger charge is 2.18. The van der Waals surface area contributed by atoms with Gasteiger partial charge in [-0.05, 0) is 51.5 Å². The minimum absolute atomic E-state index is 0.0471. The second-order valence-corrected chi connectivity index (χ2v) is 6.11. The number of carbonyl (C=O) groups excluding carboxylic acids is 1. The SMILES string of the molecule is CCn1ncnc1CNc1ccc(C(=O)NC(C)(C)CC)cc1. The highest BCUT2D eigenvalue weighted by molar-refractivity contribution is 5.94. The summed E-state index contributed by atoms with van der Waals surface area (Å²) in [6, 6.07) is 7.46. The molecule has 0 aliphatic heterocycles. The van der Waals surface area contributed by atoms with Crippen LogP contribution in [0.4, 0.5) is 5.69 Å². The molecule has 0 atom stereocenters. The van der Waals surface area contributed by atoms with Crippen LogP contribution in [-0.4, -0.2) is 26.2 Å². The topological polar surface area (TPSA) is 71.8 Å². The molecular formula is C17H25N5O. The number of rotatable bonds is 7. The summed E-state index contributed by atoms with van der Waals surface area (Å²) in [5.74, 6) is 0.841. The lowest BCUT2D eigenvalue weighted by molar-refractivity contribution is 0.0911. The zero-order chi connectivity index (χ0) is 16.9. The van der Waals surface area contributed by atoms with Crippen LogP contribution in [0.2, 0.25) is 0 Å². The molecule has 2 aromatic rings. The van der Waals surface area contributed by atoms with E-state index in [1.165, 1.54) is 0 Å². The first kappa shape index (κ1) is 17.0. The maximum Gasteiger partial charge on any atom is 0.251 e. The number of nitrogens with one attached hydrogen (secondary N) is 2. The van der Waals surface area contributed by atoms with Crippen LogP contribution in [0.5, 0.6) is 0 Å². The Labute approximate surface area is 137 Å². The van der Waals surface area contributed by atoms with Crippen molar-refractivity contribution >= 4 is 11.6 Å². The highest BCUT2D eigenvalue weighted by Crippen LogP contribution is 2.13. The van der Waals surface area contributed by atoms with Crippen LogP contribution in [0, 0.1) is 0 Å². The molecule has 6 nitrogen and oxygen atoms in total. The van der Waals surface area contributed by atoms with Crippen molar-refractivity contribution < 1.29 is 4.79 Å². The molecule has 1 aromatic heterocycles. The molecule has 0 saturated carbocycles. The molecule has 124 valence electrons. The van der Waals surface area contributed by atoms with Crippen LogP contribution >= 0.6 is 0 Å². The first-order valence-corrected chi connectivity index (χ1v) is 7.98. The zero-order valence-corrected chi connectivity index (χ0v) is 14.3. The average molecular weight is 315 g/mol. The fraction of sp³-hybridized carbons (Fsp3) is 0.471. The maximum absolute atomic E-state index is 12.2. The van der Waals surface area contributed by atoms with Crippen LogP contribution < -0.4 is 10.6 Å². The fourth-order valence-electron chi connectivity index (χ4n) is 2.08. The van der Waals surface area contributed by atoms with E-state index in [1.807, 2.05) is 49.7 Å². The van der Waals surface area contributed by atoms with E-state index in [0.29, 0.717) is 12.1 Å². The van der Waals surface area contributed by atoms with E-state index in [-0.39, 0.29) is 11.4 Å². The standard InChI is InChI=1S/C17H25N5O/c1-5-17(3,4)21-16(23)13-7-9-14(10-8-13)18-11-15-19-12-20-22(15)6-2/h7-10,12,18H,5-6,11H2,1-4H3,(H,21,23). The molecule has 2 rings (SSSR count). The van der Waals surface area contributed by atoms with Crippen molar-refractivity contribution in [3.8, 4) is 0 Å². The summed E-state index contributed by atoms with van der Waals surface area (Å²) < 4.78 is 1.85. The van der Waals surface area contributed by atoms with Gasteiger partial charge in [-0.3, -0.25) is 4.79 Å². The van der Waals surface area contributed by atoms with Crippen LogP contribution in [0.15, 0.2) is 30.6 Å². The average Bonchev–Trinajstić information content (AvgIpc) is 3.00.